The van der Waals surface area contributed by atoms with Gasteiger partial charge in [-0.1, -0.05) is 18.2 Å². The molecule has 7 nitrogen and oxygen atoms in total. The maximum absolute atomic E-state index is 11.2. The van der Waals surface area contributed by atoms with Gasteiger partial charge in [0.15, 0.2) is 0 Å². The van der Waals surface area contributed by atoms with Gasteiger partial charge in [-0.3, -0.25) is 19.9 Å². The first-order valence-corrected chi connectivity index (χ1v) is 8.58. The van der Waals surface area contributed by atoms with Gasteiger partial charge in [-0.15, -0.1) is 0 Å². The average Bonchev–Trinajstić information content (AvgIpc) is 3.40. The third-order valence-corrected chi connectivity index (χ3v) is 4.64. The molecule has 1 unspecified atom stereocenters. The molecular weight excluding hydrogens is 310 g/mol. The van der Waals surface area contributed by atoms with Crippen LogP contribution in [0.3, 0.4) is 0 Å². The van der Waals surface area contributed by atoms with Crippen LogP contribution in [0, 0.1) is 10.1 Å². The Labute approximate surface area is 142 Å². The fraction of sp³-hybridized carbons (Fsp3) is 0.647. The van der Waals surface area contributed by atoms with Gasteiger partial charge < -0.3 is 9.84 Å². The molecule has 1 saturated heterocycles. The Morgan fingerprint density at radius 3 is 2.71 bits per heavy atom. The molecule has 1 saturated carbocycles. The lowest BCUT2D eigenvalue weighted by molar-refractivity contribution is -0.385. The summed E-state index contributed by atoms with van der Waals surface area (Å²) in [7, 11) is 0. The number of hydrogen-bond donors (Lipinski definition) is 1. The summed E-state index contributed by atoms with van der Waals surface area (Å²) in [5.74, 6) is 0. The van der Waals surface area contributed by atoms with Gasteiger partial charge in [-0.05, 0) is 12.8 Å². The molecule has 132 valence electrons. The van der Waals surface area contributed by atoms with E-state index in [2.05, 4.69) is 9.80 Å². The Kier molecular flexibility index (Phi) is 5.78. The molecule has 0 bridgehead atoms. The summed E-state index contributed by atoms with van der Waals surface area (Å²) >= 11 is 0. The second-order valence-electron chi connectivity index (χ2n) is 6.61. The van der Waals surface area contributed by atoms with Crippen LogP contribution < -0.4 is 0 Å². The van der Waals surface area contributed by atoms with Crippen LogP contribution in [0.2, 0.25) is 0 Å². The summed E-state index contributed by atoms with van der Waals surface area (Å²) in [6.45, 7) is 4.83. The van der Waals surface area contributed by atoms with E-state index in [-0.39, 0.29) is 10.6 Å². The number of para-hydroxylation sites is 1. The number of morpholine rings is 1. The minimum Gasteiger partial charge on any atom is -0.390 e. The molecule has 7 heteroatoms. The molecule has 0 radical (unpaired) electrons. The quantitative estimate of drug-likeness (QED) is 0.569. The Bertz CT molecular complexity index is 559. The number of ether oxygens (including phenoxy) is 1. The zero-order valence-corrected chi connectivity index (χ0v) is 13.8. The molecule has 0 spiro atoms. The summed E-state index contributed by atoms with van der Waals surface area (Å²) in [5.41, 5.74) is 0.874. The van der Waals surface area contributed by atoms with E-state index in [1.54, 1.807) is 12.1 Å². The number of aliphatic hydroxyl groups is 1. The van der Waals surface area contributed by atoms with E-state index in [1.807, 2.05) is 12.1 Å². The van der Waals surface area contributed by atoms with Crippen LogP contribution in [-0.2, 0) is 11.3 Å². The highest BCUT2D eigenvalue weighted by molar-refractivity contribution is 5.39. The molecule has 2 aliphatic rings. The summed E-state index contributed by atoms with van der Waals surface area (Å²) in [6.07, 6.45) is 1.75. The number of nitrogens with zero attached hydrogens (tertiary/aromatic N) is 3. The summed E-state index contributed by atoms with van der Waals surface area (Å²) in [4.78, 5) is 15.3. The van der Waals surface area contributed by atoms with Gasteiger partial charge in [0.2, 0.25) is 0 Å². The van der Waals surface area contributed by atoms with Gasteiger partial charge in [0, 0.05) is 50.4 Å². The van der Waals surface area contributed by atoms with Crippen LogP contribution in [0.25, 0.3) is 0 Å². The highest BCUT2D eigenvalue weighted by atomic mass is 16.6. The number of nitro benzene ring substituents is 1. The Morgan fingerprint density at radius 2 is 2.04 bits per heavy atom. The molecule has 2 fully saturated rings. The molecule has 1 aliphatic carbocycles. The first kappa shape index (κ1) is 17.3. The predicted molar refractivity (Wildman–Crippen MR) is 89.8 cm³/mol. The second kappa shape index (κ2) is 8.02. The van der Waals surface area contributed by atoms with E-state index in [9.17, 15) is 15.2 Å². The minimum atomic E-state index is -0.452. The van der Waals surface area contributed by atoms with E-state index in [0.29, 0.717) is 31.2 Å². The summed E-state index contributed by atoms with van der Waals surface area (Å²) in [5, 5.41) is 21.6. The van der Waals surface area contributed by atoms with E-state index in [0.717, 1.165) is 39.1 Å². The van der Waals surface area contributed by atoms with E-state index in [1.165, 1.54) is 0 Å². The van der Waals surface area contributed by atoms with Gasteiger partial charge in [-0.2, -0.15) is 0 Å². The number of rotatable bonds is 8. The largest absolute Gasteiger partial charge is 0.390 e. The van der Waals surface area contributed by atoms with Crippen LogP contribution in [0.1, 0.15) is 18.4 Å². The molecule has 1 N–H and O–H groups in total. The Hall–Kier alpha value is -1.54. The van der Waals surface area contributed by atoms with Gasteiger partial charge >= 0.3 is 0 Å². The van der Waals surface area contributed by atoms with E-state index < -0.39 is 6.10 Å². The van der Waals surface area contributed by atoms with Crippen molar-refractivity contribution in [3.63, 3.8) is 0 Å². The van der Waals surface area contributed by atoms with Crippen molar-refractivity contribution >= 4 is 5.69 Å². The van der Waals surface area contributed by atoms with E-state index >= 15 is 0 Å². The average molecular weight is 335 g/mol. The van der Waals surface area contributed by atoms with Crippen molar-refractivity contribution in [1.29, 1.82) is 0 Å². The van der Waals surface area contributed by atoms with Crippen LogP contribution in [0.5, 0.6) is 0 Å². The third-order valence-electron chi connectivity index (χ3n) is 4.64. The standard InChI is InChI=1S/C17H25N3O4/c21-16(12-18-7-9-24-10-8-18)13-19(15-5-6-15)11-14-3-1-2-4-17(14)20(22)23/h1-4,15-16,21H,5-13H2. The minimum absolute atomic E-state index is 0.158. The SMILES string of the molecule is O=[N+]([O-])c1ccccc1CN(CC(O)CN1CCOCC1)C1CC1. The maximum Gasteiger partial charge on any atom is 0.273 e. The van der Waals surface area contributed by atoms with E-state index in [4.69, 9.17) is 4.74 Å². The number of β-amino-alcohol motifs (C(OH)–C–C–N with tert-alkyl or cyclic N) is 1. The molecule has 3 rings (SSSR count). The Balaban J connectivity index is 1.60. The zero-order valence-electron chi connectivity index (χ0n) is 13.8. The number of hydrogen-bond acceptors (Lipinski definition) is 6. The molecule has 24 heavy (non-hydrogen) atoms. The maximum atomic E-state index is 11.2. The lowest BCUT2D eigenvalue weighted by atomic mass is 10.1. The fourth-order valence-corrected chi connectivity index (χ4v) is 3.23. The highest BCUT2D eigenvalue weighted by Crippen LogP contribution is 2.30. The molecule has 1 heterocycles. The number of benzene rings is 1. The summed E-state index contributed by atoms with van der Waals surface area (Å²) < 4.78 is 5.33. The highest BCUT2D eigenvalue weighted by Gasteiger charge is 2.32. The molecule has 1 aromatic rings. The summed E-state index contributed by atoms with van der Waals surface area (Å²) in [6, 6.07) is 7.31. The third kappa shape index (κ3) is 4.73. The zero-order chi connectivity index (χ0) is 16.9. The van der Waals surface area contributed by atoms with Crippen molar-refractivity contribution in [2.45, 2.75) is 31.5 Å². The first-order valence-electron chi connectivity index (χ1n) is 8.58. The van der Waals surface area contributed by atoms with Crippen LogP contribution in [0.4, 0.5) is 5.69 Å². The molecular formula is C17H25N3O4. The van der Waals surface area contributed by atoms with Crippen molar-refractivity contribution < 1.29 is 14.8 Å². The molecule has 0 amide bonds. The van der Waals surface area contributed by atoms with Crippen LogP contribution >= 0.6 is 0 Å². The molecule has 1 aromatic carbocycles. The smallest absolute Gasteiger partial charge is 0.273 e. The van der Waals surface area contributed by atoms with Gasteiger partial charge in [0.25, 0.3) is 5.69 Å². The monoisotopic (exact) mass is 335 g/mol. The van der Waals surface area contributed by atoms with Crippen molar-refractivity contribution in [1.82, 2.24) is 9.80 Å². The molecule has 0 aromatic heterocycles. The topological polar surface area (TPSA) is 79.1 Å². The Morgan fingerprint density at radius 1 is 1.33 bits per heavy atom. The molecule has 1 atom stereocenters. The van der Waals surface area contributed by atoms with Crippen LogP contribution in [-0.4, -0.2) is 71.4 Å². The van der Waals surface area contributed by atoms with Crippen molar-refractivity contribution in [3.8, 4) is 0 Å². The fourth-order valence-electron chi connectivity index (χ4n) is 3.23. The lowest BCUT2D eigenvalue weighted by Crippen LogP contribution is -2.45. The molecule has 1 aliphatic heterocycles. The van der Waals surface area contributed by atoms with Gasteiger partial charge in [0.05, 0.1) is 24.2 Å². The predicted octanol–water partition coefficient (Wildman–Crippen LogP) is 1.25. The van der Waals surface area contributed by atoms with Crippen molar-refractivity contribution in [2.75, 3.05) is 39.4 Å². The van der Waals surface area contributed by atoms with Crippen molar-refractivity contribution in [3.05, 3.63) is 39.9 Å². The van der Waals surface area contributed by atoms with Gasteiger partial charge in [-0.25, -0.2) is 0 Å². The number of nitro groups is 1. The van der Waals surface area contributed by atoms with Crippen LogP contribution in [0.15, 0.2) is 24.3 Å². The second-order valence-corrected chi connectivity index (χ2v) is 6.61. The van der Waals surface area contributed by atoms with Gasteiger partial charge in [0.1, 0.15) is 0 Å². The first-order chi connectivity index (χ1) is 11.6. The normalized spacial score (nSPS) is 20.2. The number of aliphatic hydroxyl groups excluding tert-OH is 1. The lowest BCUT2D eigenvalue weighted by Gasteiger charge is -2.31. The van der Waals surface area contributed by atoms with Crippen molar-refractivity contribution in [2.24, 2.45) is 0 Å².